The van der Waals surface area contributed by atoms with Crippen molar-refractivity contribution in [2.45, 2.75) is 24.6 Å². The topological polar surface area (TPSA) is 93.5 Å². The fourth-order valence-corrected chi connectivity index (χ4v) is 3.24. The molecule has 0 spiro atoms. The molecular weight excluding hydrogens is 444 g/mol. The molecule has 0 unspecified atom stereocenters. The van der Waals surface area contributed by atoms with Crippen molar-refractivity contribution in [3.8, 4) is 0 Å². The summed E-state index contributed by atoms with van der Waals surface area (Å²) in [5.74, 6) is -0.361. The summed E-state index contributed by atoms with van der Waals surface area (Å²) < 4.78 is 20.9. The number of hydrogen-bond donors (Lipinski definition) is 2. The van der Waals surface area contributed by atoms with Crippen molar-refractivity contribution in [1.29, 1.82) is 0 Å². The molecule has 9 heteroatoms. The standard InChI is InChI=1S/C16H15FIN3O4/c17-12-13(22)10(8-18)25-15(12)21-7-6-11(20-16(21)24)19-14(23)9-4-2-1-3-5-9/h1-7,10,12-13,15,22H,8H2,(H,19,20,23,24)/t10-,12+,13-,15-/m1/s1. The SMILES string of the molecule is O=C(Nc1ccn([C@@H]2O[C@H](CI)[C@@H](O)[C@@H]2F)c(=O)n1)c1ccccc1. The smallest absolute Gasteiger partial charge is 0.351 e. The van der Waals surface area contributed by atoms with Gasteiger partial charge in [-0.15, -0.1) is 0 Å². The van der Waals surface area contributed by atoms with E-state index in [1.54, 1.807) is 30.3 Å². The van der Waals surface area contributed by atoms with Gasteiger partial charge < -0.3 is 15.2 Å². The lowest BCUT2D eigenvalue weighted by Gasteiger charge is -2.16. The van der Waals surface area contributed by atoms with Crippen molar-refractivity contribution in [3.63, 3.8) is 0 Å². The highest BCUT2D eigenvalue weighted by Crippen LogP contribution is 2.31. The average molecular weight is 459 g/mol. The van der Waals surface area contributed by atoms with Gasteiger partial charge in [-0.2, -0.15) is 4.98 Å². The molecular formula is C16H15FIN3O4. The molecule has 2 aromatic rings. The fraction of sp³-hybridized carbons (Fsp3) is 0.312. The zero-order chi connectivity index (χ0) is 18.0. The van der Waals surface area contributed by atoms with E-state index in [0.29, 0.717) is 9.99 Å². The first-order valence-corrected chi connectivity index (χ1v) is 9.03. The van der Waals surface area contributed by atoms with E-state index in [4.69, 9.17) is 4.74 Å². The Kier molecular flexibility index (Phi) is 5.45. The first kappa shape index (κ1) is 18.0. The number of aliphatic hydroxyl groups is 1. The molecule has 1 aromatic carbocycles. The predicted octanol–water partition coefficient (Wildman–Crippen LogP) is 1.53. The molecule has 25 heavy (non-hydrogen) atoms. The number of amides is 1. The number of aliphatic hydroxyl groups excluding tert-OH is 1. The van der Waals surface area contributed by atoms with Crippen LogP contribution in [0.1, 0.15) is 16.6 Å². The second-order valence-electron chi connectivity index (χ2n) is 5.48. The highest BCUT2D eigenvalue weighted by atomic mass is 127. The molecule has 1 amide bonds. The number of rotatable bonds is 4. The molecule has 2 N–H and O–H groups in total. The Morgan fingerprint density at radius 3 is 2.68 bits per heavy atom. The van der Waals surface area contributed by atoms with Gasteiger partial charge in [0.25, 0.3) is 5.91 Å². The van der Waals surface area contributed by atoms with Gasteiger partial charge in [0.2, 0.25) is 0 Å². The molecule has 1 aromatic heterocycles. The normalized spacial score (nSPS) is 25.7. The Hall–Kier alpha value is -1.85. The van der Waals surface area contributed by atoms with Crippen LogP contribution in [0.4, 0.5) is 10.2 Å². The van der Waals surface area contributed by atoms with Crippen LogP contribution in [0.25, 0.3) is 0 Å². The Bertz CT molecular complexity index is 817. The van der Waals surface area contributed by atoms with E-state index < -0.39 is 36.2 Å². The van der Waals surface area contributed by atoms with Gasteiger partial charge in [-0.05, 0) is 18.2 Å². The van der Waals surface area contributed by atoms with E-state index in [0.717, 1.165) is 4.57 Å². The van der Waals surface area contributed by atoms with E-state index in [9.17, 15) is 19.1 Å². The number of alkyl halides is 2. The lowest BCUT2D eigenvalue weighted by atomic mass is 10.2. The van der Waals surface area contributed by atoms with Crippen LogP contribution in [0.15, 0.2) is 47.4 Å². The number of carbonyl (C=O) groups excluding carboxylic acids is 1. The fourth-order valence-electron chi connectivity index (χ4n) is 2.51. The summed E-state index contributed by atoms with van der Waals surface area (Å²) in [6, 6.07) is 9.84. The van der Waals surface area contributed by atoms with E-state index in [-0.39, 0.29) is 5.82 Å². The highest BCUT2D eigenvalue weighted by molar-refractivity contribution is 14.1. The molecule has 7 nitrogen and oxygen atoms in total. The van der Waals surface area contributed by atoms with Crippen molar-refractivity contribution >= 4 is 34.3 Å². The summed E-state index contributed by atoms with van der Waals surface area (Å²) in [6.45, 7) is 0. The third kappa shape index (κ3) is 3.72. The van der Waals surface area contributed by atoms with Gasteiger partial charge in [0, 0.05) is 16.2 Å². The molecule has 1 fully saturated rings. The minimum Gasteiger partial charge on any atom is -0.387 e. The van der Waals surface area contributed by atoms with Gasteiger partial charge in [-0.3, -0.25) is 9.36 Å². The molecule has 1 aliphatic rings. The summed E-state index contributed by atoms with van der Waals surface area (Å²) in [6.07, 6.45) is -3.68. The summed E-state index contributed by atoms with van der Waals surface area (Å²) in [5.41, 5.74) is -0.357. The summed E-state index contributed by atoms with van der Waals surface area (Å²) in [7, 11) is 0. The number of hydrogen-bond acceptors (Lipinski definition) is 5. The molecule has 1 saturated heterocycles. The second kappa shape index (κ2) is 7.58. The number of nitrogens with zero attached hydrogens (tertiary/aromatic N) is 2. The highest BCUT2D eigenvalue weighted by Gasteiger charge is 2.45. The first-order chi connectivity index (χ1) is 12.0. The van der Waals surface area contributed by atoms with Crippen LogP contribution >= 0.6 is 22.6 Å². The van der Waals surface area contributed by atoms with Crippen molar-refractivity contribution in [2.75, 3.05) is 9.74 Å². The summed E-state index contributed by atoms with van der Waals surface area (Å²) in [5, 5.41) is 12.3. The molecule has 0 aliphatic carbocycles. The lowest BCUT2D eigenvalue weighted by molar-refractivity contribution is -0.0152. The van der Waals surface area contributed by atoms with Crippen molar-refractivity contribution in [3.05, 3.63) is 58.6 Å². The average Bonchev–Trinajstić information content (AvgIpc) is 2.91. The largest absolute Gasteiger partial charge is 0.387 e. The number of ether oxygens (including phenoxy) is 1. The molecule has 0 radical (unpaired) electrons. The molecule has 0 saturated carbocycles. The van der Waals surface area contributed by atoms with E-state index in [2.05, 4.69) is 10.3 Å². The number of aromatic nitrogens is 2. The van der Waals surface area contributed by atoms with Crippen molar-refractivity contribution in [2.24, 2.45) is 0 Å². The van der Waals surface area contributed by atoms with Crippen LogP contribution in [-0.4, -0.2) is 43.4 Å². The Balaban J connectivity index is 1.78. The van der Waals surface area contributed by atoms with Crippen LogP contribution in [-0.2, 0) is 4.74 Å². The number of anilines is 1. The van der Waals surface area contributed by atoms with Crippen LogP contribution < -0.4 is 11.0 Å². The van der Waals surface area contributed by atoms with Gasteiger partial charge >= 0.3 is 5.69 Å². The van der Waals surface area contributed by atoms with Crippen molar-refractivity contribution < 1.29 is 19.0 Å². The lowest BCUT2D eigenvalue weighted by Crippen LogP contribution is -2.33. The predicted molar refractivity (Wildman–Crippen MR) is 96.6 cm³/mol. The van der Waals surface area contributed by atoms with Gasteiger partial charge in [0.05, 0.1) is 6.10 Å². The molecule has 1 aliphatic heterocycles. The van der Waals surface area contributed by atoms with Crippen LogP contribution in [0, 0.1) is 0 Å². The second-order valence-corrected chi connectivity index (χ2v) is 6.36. The number of nitrogens with one attached hydrogen (secondary N) is 1. The zero-order valence-corrected chi connectivity index (χ0v) is 15.0. The maximum absolute atomic E-state index is 14.2. The summed E-state index contributed by atoms with van der Waals surface area (Å²) in [4.78, 5) is 28.0. The van der Waals surface area contributed by atoms with Gasteiger partial charge in [-0.1, -0.05) is 40.8 Å². The Morgan fingerprint density at radius 2 is 2.08 bits per heavy atom. The Labute approximate surface area is 156 Å². The number of benzene rings is 1. The number of halogens is 2. The third-order valence-corrected chi connectivity index (χ3v) is 4.70. The quantitative estimate of drug-likeness (QED) is 0.535. The first-order valence-electron chi connectivity index (χ1n) is 7.50. The molecule has 4 atom stereocenters. The molecule has 3 rings (SSSR count). The van der Waals surface area contributed by atoms with Gasteiger partial charge in [0.15, 0.2) is 12.4 Å². The van der Waals surface area contributed by atoms with Crippen LogP contribution in [0.3, 0.4) is 0 Å². The van der Waals surface area contributed by atoms with Crippen LogP contribution in [0.5, 0.6) is 0 Å². The van der Waals surface area contributed by atoms with E-state index in [1.165, 1.54) is 12.3 Å². The minimum absolute atomic E-state index is 0.0505. The van der Waals surface area contributed by atoms with E-state index in [1.807, 2.05) is 22.6 Å². The number of carbonyl (C=O) groups is 1. The van der Waals surface area contributed by atoms with Crippen LogP contribution in [0.2, 0.25) is 0 Å². The maximum atomic E-state index is 14.2. The zero-order valence-electron chi connectivity index (χ0n) is 12.9. The maximum Gasteiger partial charge on any atom is 0.351 e. The van der Waals surface area contributed by atoms with E-state index >= 15 is 0 Å². The third-order valence-electron chi connectivity index (χ3n) is 3.83. The van der Waals surface area contributed by atoms with Gasteiger partial charge in [-0.25, -0.2) is 9.18 Å². The van der Waals surface area contributed by atoms with Gasteiger partial charge in [0.1, 0.15) is 11.9 Å². The molecule has 2 heterocycles. The molecule has 132 valence electrons. The molecule has 0 bridgehead atoms. The monoisotopic (exact) mass is 459 g/mol. The Morgan fingerprint density at radius 1 is 1.36 bits per heavy atom. The minimum atomic E-state index is -1.73. The van der Waals surface area contributed by atoms with Crippen molar-refractivity contribution in [1.82, 2.24) is 9.55 Å². The summed E-state index contributed by atoms with van der Waals surface area (Å²) >= 11 is 1.97.